The zero-order chi connectivity index (χ0) is 14.1. The van der Waals surface area contributed by atoms with Crippen molar-refractivity contribution in [2.45, 2.75) is 13.1 Å². The summed E-state index contributed by atoms with van der Waals surface area (Å²) in [4.78, 5) is 6.53. The maximum atomic E-state index is 8.97. The Hall–Kier alpha value is -2.02. The highest BCUT2D eigenvalue weighted by Crippen LogP contribution is 2.29. The molecule has 1 aliphatic rings. The molecule has 0 radical (unpaired) electrons. The molecule has 0 amide bonds. The fraction of sp³-hybridized carbons (Fsp3) is 0.231. The third-order valence-electron chi connectivity index (χ3n) is 3.44. The summed E-state index contributed by atoms with van der Waals surface area (Å²) in [5, 5.41) is 12.1. The van der Waals surface area contributed by atoms with Gasteiger partial charge in [0.2, 0.25) is 0 Å². The van der Waals surface area contributed by atoms with E-state index in [0.29, 0.717) is 12.1 Å². The number of aromatic nitrogens is 2. The van der Waals surface area contributed by atoms with E-state index in [-0.39, 0.29) is 5.84 Å². The van der Waals surface area contributed by atoms with E-state index in [2.05, 4.69) is 35.5 Å². The summed E-state index contributed by atoms with van der Waals surface area (Å²) in [6.07, 6.45) is 3.79. The standard InChI is InChI=1S/C13H14BrN5O/c14-9-2-1-3-10(12(9)13(15)17-20)19-7-6-18-5-4-16-11(18)8-19/h1-5,20H,6-8H2,(H2,15,17). The Morgan fingerprint density at radius 1 is 1.40 bits per heavy atom. The van der Waals surface area contributed by atoms with Crippen LogP contribution in [0.2, 0.25) is 0 Å². The van der Waals surface area contributed by atoms with Crippen LogP contribution in [0.1, 0.15) is 11.4 Å². The number of oxime groups is 1. The number of benzene rings is 1. The number of halogens is 1. The molecule has 0 spiro atoms. The topological polar surface area (TPSA) is 79.7 Å². The molecule has 3 rings (SSSR count). The Balaban J connectivity index is 2.02. The second-order valence-corrected chi connectivity index (χ2v) is 5.43. The molecule has 0 aliphatic carbocycles. The highest BCUT2D eigenvalue weighted by molar-refractivity contribution is 9.10. The first-order chi connectivity index (χ1) is 9.70. The van der Waals surface area contributed by atoms with Crippen LogP contribution in [0.5, 0.6) is 0 Å². The van der Waals surface area contributed by atoms with Crippen molar-refractivity contribution in [1.29, 1.82) is 0 Å². The number of amidine groups is 1. The number of hydrogen-bond acceptors (Lipinski definition) is 4. The number of fused-ring (bicyclic) bond motifs is 1. The largest absolute Gasteiger partial charge is 0.409 e. The lowest BCUT2D eigenvalue weighted by molar-refractivity contribution is 0.318. The van der Waals surface area contributed by atoms with E-state index in [0.717, 1.165) is 29.1 Å². The van der Waals surface area contributed by atoms with Gasteiger partial charge in [-0.1, -0.05) is 11.2 Å². The first-order valence-corrected chi connectivity index (χ1v) is 7.01. The minimum absolute atomic E-state index is 0.0985. The minimum atomic E-state index is 0.0985. The van der Waals surface area contributed by atoms with Crippen LogP contribution in [-0.2, 0) is 13.1 Å². The molecule has 2 aromatic rings. The lowest BCUT2D eigenvalue weighted by Gasteiger charge is -2.31. The van der Waals surface area contributed by atoms with Gasteiger partial charge in [-0.15, -0.1) is 0 Å². The Morgan fingerprint density at radius 3 is 3.05 bits per heavy atom. The summed E-state index contributed by atoms with van der Waals surface area (Å²) in [5.41, 5.74) is 7.44. The fourth-order valence-corrected chi connectivity index (χ4v) is 3.02. The van der Waals surface area contributed by atoms with Crippen molar-refractivity contribution in [2.24, 2.45) is 10.9 Å². The predicted octanol–water partition coefficient (Wildman–Crippen LogP) is 1.76. The van der Waals surface area contributed by atoms with Crippen LogP contribution in [0.4, 0.5) is 5.69 Å². The van der Waals surface area contributed by atoms with Gasteiger partial charge in [0.05, 0.1) is 12.1 Å². The van der Waals surface area contributed by atoms with Gasteiger partial charge in [0.1, 0.15) is 5.82 Å². The van der Waals surface area contributed by atoms with Crippen molar-refractivity contribution < 1.29 is 5.21 Å². The van der Waals surface area contributed by atoms with Crippen LogP contribution in [0.3, 0.4) is 0 Å². The molecule has 0 atom stereocenters. The Bertz CT molecular complexity index is 667. The van der Waals surface area contributed by atoms with Crippen molar-refractivity contribution in [3.8, 4) is 0 Å². The van der Waals surface area contributed by atoms with E-state index in [4.69, 9.17) is 10.9 Å². The summed E-state index contributed by atoms with van der Waals surface area (Å²) in [5.74, 6) is 1.11. The first kappa shape index (κ1) is 13.0. The number of nitrogens with zero attached hydrogens (tertiary/aromatic N) is 4. The molecule has 0 fully saturated rings. The van der Waals surface area contributed by atoms with E-state index in [1.54, 1.807) is 0 Å². The van der Waals surface area contributed by atoms with E-state index < -0.39 is 0 Å². The number of anilines is 1. The van der Waals surface area contributed by atoms with Crippen molar-refractivity contribution in [2.75, 3.05) is 11.4 Å². The average molecular weight is 336 g/mol. The summed E-state index contributed by atoms with van der Waals surface area (Å²) >= 11 is 3.46. The maximum Gasteiger partial charge on any atom is 0.173 e. The monoisotopic (exact) mass is 335 g/mol. The van der Waals surface area contributed by atoms with E-state index in [1.807, 2.05) is 30.6 Å². The second-order valence-electron chi connectivity index (χ2n) is 4.58. The van der Waals surface area contributed by atoms with Gasteiger partial charge < -0.3 is 20.4 Å². The fourth-order valence-electron chi connectivity index (χ4n) is 2.46. The van der Waals surface area contributed by atoms with Crippen molar-refractivity contribution in [3.63, 3.8) is 0 Å². The maximum absolute atomic E-state index is 8.97. The molecular weight excluding hydrogens is 322 g/mol. The molecule has 1 aromatic carbocycles. The lowest BCUT2D eigenvalue weighted by atomic mass is 10.1. The van der Waals surface area contributed by atoms with Gasteiger partial charge in [0, 0.05) is 35.6 Å². The van der Waals surface area contributed by atoms with Gasteiger partial charge in [0.25, 0.3) is 0 Å². The minimum Gasteiger partial charge on any atom is -0.409 e. The third kappa shape index (κ3) is 2.14. The lowest BCUT2D eigenvalue weighted by Crippen LogP contribution is -2.35. The molecule has 0 saturated carbocycles. The zero-order valence-electron chi connectivity index (χ0n) is 10.7. The van der Waals surface area contributed by atoms with Crippen LogP contribution in [0.25, 0.3) is 0 Å². The highest BCUT2D eigenvalue weighted by atomic mass is 79.9. The highest BCUT2D eigenvalue weighted by Gasteiger charge is 2.21. The third-order valence-corrected chi connectivity index (χ3v) is 4.10. The van der Waals surface area contributed by atoms with E-state index >= 15 is 0 Å². The number of rotatable bonds is 2. The predicted molar refractivity (Wildman–Crippen MR) is 79.9 cm³/mol. The summed E-state index contributed by atoms with van der Waals surface area (Å²) in [6.45, 7) is 2.43. The number of imidazole rings is 1. The molecule has 3 N–H and O–H groups in total. The van der Waals surface area contributed by atoms with Gasteiger partial charge in [-0.2, -0.15) is 0 Å². The van der Waals surface area contributed by atoms with E-state index in [1.165, 1.54) is 0 Å². The SMILES string of the molecule is N/C(=N/O)c1c(Br)cccc1N1CCn2ccnc2C1. The van der Waals surface area contributed by atoms with Gasteiger partial charge >= 0.3 is 0 Å². The van der Waals surface area contributed by atoms with E-state index in [9.17, 15) is 0 Å². The number of hydrogen-bond donors (Lipinski definition) is 2. The van der Waals surface area contributed by atoms with Crippen LogP contribution in [0.15, 0.2) is 40.2 Å². The molecule has 0 saturated heterocycles. The molecule has 0 unspecified atom stereocenters. The normalized spacial score (nSPS) is 15.2. The molecule has 2 heterocycles. The molecule has 0 bridgehead atoms. The van der Waals surface area contributed by atoms with Gasteiger partial charge in [-0.25, -0.2) is 4.98 Å². The van der Waals surface area contributed by atoms with Crippen molar-refractivity contribution >= 4 is 27.5 Å². The summed E-state index contributed by atoms with van der Waals surface area (Å²) < 4.78 is 2.94. The van der Waals surface area contributed by atoms with Crippen LogP contribution in [0, 0.1) is 0 Å². The molecule has 20 heavy (non-hydrogen) atoms. The van der Waals surface area contributed by atoms with Gasteiger partial charge in [-0.3, -0.25) is 0 Å². The van der Waals surface area contributed by atoms with Crippen molar-refractivity contribution in [3.05, 3.63) is 46.5 Å². The molecular formula is C13H14BrN5O. The smallest absolute Gasteiger partial charge is 0.173 e. The number of nitrogens with two attached hydrogens (primary N) is 1. The first-order valence-electron chi connectivity index (χ1n) is 6.22. The van der Waals surface area contributed by atoms with Crippen molar-refractivity contribution in [1.82, 2.24) is 9.55 Å². The average Bonchev–Trinajstić information content (AvgIpc) is 2.93. The van der Waals surface area contributed by atoms with Crippen LogP contribution >= 0.6 is 15.9 Å². The summed E-state index contributed by atoms with van der Waals surface area (Å²) in [6, 6.07) is 5.78. The van der Waals surface area contributed by atoms with Crippen LogP contribution in [-0.4, -0.2) is 27.1 Å². The molecule has 1 aromatic heterocycles. The Kier molecular flexibility index (Phi) is 3.35. The van der Waals surface area contributed by atoms with Gasteiger partial charge in [0.15, 0.2) is 5.84 Å². The molecule has 7 heteroatoms. The zero-order valence-corrected chi connectivity index (χ0v) is 12.3. The Labute approximate surface area is 124 Å². The van der Waals surface area contributed by atoms with Crippen LogP contribution < -0.4 is 10.6 Å². The molecule has 1 aliphatic heterocycles. The molecule has 104 valence electrons. The molecule has 6 nitrogen and oxygen atoms in total. The Morgan fingerprint density at radius 2 is 2.25 bits per heavy atom. The second kappa shape index (κ2) is 5.16. The summed E-state index contributed by atoms with van der Waals surface area (Å²) in [7, 11) is 0. The van der Waals surface area contributed by atoms with Gasteiger partial charge in [-0.05, 0) is 28.1 Å². The quantitative estimate of drug-likeness (QED) is 0.379.